The molecule has 0 aromatic heterocycles. The molecule has 1 saturated heterocycles. The van der Waals surface area contributed by atoms with Gasteiger partial charge in [0.1, 0.15) is 0 Å². The van der Waals surface area contributed by atoms with Gasteiger partial charge in [-0.2, -0.15) is 0 Å². The van der Waals surface area contributed by atoms with Crippen molar-refractivity contribution in [3.8, 4) is 0 Å². The van der Waals surface area contributed by atoms with Gasteiger partial charge in [0.25, 0.3) is 5.71 Å². The van der Waals surface area contributed by atoms with Gasteiger partial charge in [-0.3, -0.25) is 4.90 Å². The van der Waals surface area contributed by atoms with Gasteiger partial charge in [0.05, 0.1) is 26.4 Å². The van der Waals surface area contributed by atoms with Gasteiger partial charge < -0.3 is 19.0 Å². The normalized spacial score (nSPS) is 16.6. The first kappa shape index (κ1) is 19.3. The summed E-state index contributed by atoms with van der Waals surface area (Å²) < 4.78 is 14.9. The second-order valence-electron chi connectivity index (χ2n) is 4.92. The van der Waals surface area contributed by atoms with E-state index in [0.29, 0.717) is 26.3 Å². The summed E-state index contributed by atoms with van der Waals surface area (Å²) in [5, 5.41) is 3.70. The van der Waals surface area contributed by atoms with Crippen molar-refractivity contribution in [1.82, 2.24) is 9.80 Å². The summed E-state index contributed by atoms with van der Waals surface area (Å²) in [6, 6.07) is 0. The summed E-state index contributed by atoms with van der Waals surface area (Å²) in [4.78, 5) is 32.9. The quantitative estimate of drug-likeness (QED) is 0.196. The molecule has 0 saturated carbocycles. The highest BCUT2D eigenvalue weighted by atomic mass is 16.7. The van der Waals surface area contributed by atoms with E-state index in [-0.39, 0.29) is 13.2 Å². The van der Waals surface area contributed by atoms with E-state index in [0.717, 1.165) is 0 Å². The smallest absolute Gasteiger partial charge is 0.368 e. The molecule has 0 aromatic rings. The van der Waals surface area contributed by atoms with Crippen LogP contribution in [0, 0.1) is 0 Å². The lowest BCUT2D eigenvalue weighted by Crippen LogP contribution is -2.51. The summed E-state index contributed by atoms with van der Waals surface area (Å²) in [5.41, 5.74) is -0.506. The van der Waals surface area contributed by atoms with Crippen molar-refractivity contribution < 1.29 is 28.6 Å². The number of hydrogen-bond donors (Lipinski definition) is 0. The predicted molar refractivity (Wildman–Crippen MR) is 81.7 cm³/mol. The first-order chi connectivity index (χ1) is 11.0. The molecule has 1 heterocycles. The lowest BCUT2D eigenvalue weighted by atomic mass is 10.4. The van der Waals surface area contributed by atoms with E-state index in [1.165, 1.54) is 0 Å². The molecule has 1 unspecified atom stereocenters. The molecule has 0 aliphatic carbocycles. The maximum Gasteiger partial charge on any atom is 0.368 e. The number of rotatable bonds is 8. The van der Waals surface area contributed by atoms with Crippen molar-refractivity contribution in [3.05, 3.63) is 0 Å². The average Bonchev–Trinajstić information content (AvgIpc) is 2.52. The van der Waals surface area contributed by atoms with E-state index < -0.39 is 24.0 Å². The van der Waals surface area contributed by atoms with Crippen molar-refractivity contribution in [2.45, 2.75) is 20.2 Å². The second-order valence-corrected chi connectivity index (χ2v) is 4.92. The molecule has 9 heteroatoms. The average molecular weight is 331 g/mol. The fourth-order valence-corrected chi connectivity index (χ4v) is 1.94. The van der Waals surface area contributed by atoms with E-state index in [1.54, 1.807) is 18.7 Å². The fraction of sp³-hybridized carbons (Fsp3) is 0.786. The Kier molecular flexibility index (Phi) is 8.52. The van der Waals surface area contributed by atoms with E-state index in [4.69, 9.17) is 19.0 Å². The lowest BCUT2D eigenvalue weighted by molar-refractivity contribution is -0.161. The molecule has 9 nitrogen and oxygen atoms in total. The number of oxime groups is 1. The van der Waals surface area contributed by atoms with Gasteiger partial charge in [-0.05, 0) is 27.9 Å². The lowest BCUT2D eigenvalue weighted by Gasteiger charge is -2.35. The van der Waals surface area contributed by atoms with Crippen LogP contribution < -0.4 is 0 Å². The van der Waals surface area contributed by atoms with E-state index in [9.17, 15) is 9.59 Å². The monoisotopic (exact) mass is 331 g/mol. The third-order valence-electron chi connectivity index (χ3n) is 2.98. The highest BCUT2D eigenvalue weighted by Gasteiger charge is 2.28. The maximum atomic E-state index is 11.8. The van der Waals surface area contributed by atoms with Crippen LogP contribution in [0.1, 0.15) is 13.8 Å². The molecule has 1 fully saturated rings. The van der Waals surface area contributed by atoms with E-state index in [1.807, 2.05) is 19.0 Å². The summed E-state index contributed by atoms with van der Waals surface area (Å²) in [7, 11) is 3.62. The number of nitrogens with zero attached hydrogens (tertiary/aromatic N) is 3. The fourth-order valence-electron chi connectivity index (χ4n) is 1.94. The molecule has 1 rings (SSSR count). The molecule has 0 N–H and O–H groups in total. The number of hydrogen-bond acceptors (Lipinski definition) is 9. The van der Waals surface area contributed by atoms with Gasteiger partial charge in [-0.25, -0.2) is 14.5 Å². The van der Waals surface area contributed by atoms with E-state index >= 15 is 0 Å². The largest absolute Gasteiger partial charge is 0.461 e. The Bertz CT molecular complexity index is 401. The minimum atomic E-state index is -0.870. The molecular formula is C14H25N3O6. The number of morpholine rings is 1. The van der Waals surface area contributed by atoms with Crippen molar-refractivity contribution in [2.75, 3.05) is 53.6 Å². The molecule has 0 amide bonds. The van der Waals surface area contributed by atoms with Crippen LogP contribution in [-0.2, 0) is 28.6 Å². The molecule has 132 valence electrons. The van der Waals surface area contributed by atoms with Crippen molar-refractivity contribution in [2.24, 2.45) is 5.16 Å². The zero-order valence-electron chi connectivity index (χ0n) is 14.1. The Balaban J connectivity index is 2.85. The van der Waals surface area contributed by atoms with Crippen LogP contribution in [0.3, 0.4) is 0 Å². The molecule has 0 radical (unpaired) electrons. The summed E-state index contributed by atoms with van der Waals surface area (Å²) in [6.07, 6.45) is -0.530. The standard InChI is InChI=1S/C14H25N3O6/c1-5-21-12(18)11(13(19)22-6-2)15-23-14(16(3)4)17-7-9-20-10-8-17/h14H,5-10H2,1-4H3. The predicted octanol–water partition coefficient (Wildman–Crippen LogP) is -0.337. The van der Waals surface area contributed by atoms with Crippen molar-refractivity contribution >= 4 is 17.7 Å². The Morgan fingerprint density at radius 3 is 2.09 bits per heavy atom. The Labute approximate surface area is 136 Å². The van der Waals surface area contributed by atoms with Crippen LogP contribution in [0.4, 0.5) is 0 Å². The third-order valence-corrected chi connectivity index (χ3v) is 2.98. The third kappa shape index (κ3) is 6.12. The summed E-state index contributed by atoms with van der Waals surface area (Å²) in [5.74, 6) is -1.74. The molecule has 1 aliphatic rings. The first-order valence-electron chi connectivity index (χ1n) is 7.57. The van der Waals surface area contributed by atoms with Crippen LogP contribution >= 0.6 is 0 Å². The number of carbonyl (C=O) groups excluding carboxylic acids is 2. The molecule has 1 atom stereocenters. The summed E-state index contributed by atoms with van der Waals surface area (Å²) >= 11 is 0. The number of ether oxygens (including phenoxy) is 3. The van der Waals surface area contributed by atoms with Gasteiger partial charge in [-0.1, -0.05) is 5.16 Å². The van der Waals surface area contributed by atoms with Gasteiger partial charge in [-0.15, -0.1) is 0 Å². The minimum Gasteiger partial charge on any atom is -0.461 e. The van der Waals surface area contributed by atoms with Crippen molar-refractivity contribution in [3.63, 3.8) is 0 Å². The summed E-state index contributed by atoms with van der Waals surface area (Å²) in [6.45, 7) is 6.00. The Morgan fingerprint density at radius 1 is 1.13 bits per heavy atom. The molecule has 23 heavy (non-hydrogen) atoms. The SMILES string of the molecule is CCOC(=O)C(=NOC(N(C)C)N1CCOCC1)C(=O)OCC. The van der Waals surface area contributed by atoms with Crippen LogP contribution in [0.25, 0.3) is 0 Å². The number of esters is 2. The van der Waals surface area contributed by atoms with Gasteiger partial charge >= 0.3 is 11.9 Å². The minimum absolute atomic E-state index is 0.123. The van der Waals surface area contributed by atoms with Crippen LogP contribution in [-0.4, -0.2) is 87.4 Å². The van der Waals surface area contributed by atoms with Gasteiger partial charge in [0, 0.05) is 13.1 Å². The number of carbonyl (C=O) groups is 2. The van der Waals surface area contributed by atoms with Crippen LogP contribution in [0.5, 0.6) is 0 Å². The first-order valence-corrected chi connectivity index (χ1v) is 7.57. The molecular weight excluding hydrogens is 306 g/mol. The highest BCUT2D eigenvalue weighted by Crippen LogP contribution is 2.09. The van der Waals surface area contributed by atoms with E-state index in [2.05, 4.69) is 5.16 Å². The molecule has 1 aliphatic heterocycles. The van der Waals surface area contributed by atoms with Gasteiger partial charge in [0.2, 0.25) is 6.35 Å². The van der Waals surface area contributed by atoms with Crippen molar-refractivity contribution in [1.29, 1.82) is 0 Å². The Hall–Kier alpha value is -1.71. The molecule has 0 bridgehead atoms. The topological polar surface area (TPSA) is 89.9 Å². The second kappa shape index (κ2) is 10.1. The highest BCUT2D eigenvalue weighted by molar-refractivity contribution is 6.62. The zero-order chi connectivity index (χ0) is 17.2. The van der Waals surface area contributed by atoms with Gasteiger partial charge in [0.15, 0.2) is 0 Å². The maximum absolute atomic E-state index is 11.8. The molecule has 0 aromatic carbocycles. The zero-order valence-corrected chi connectivity index (χ0v) is 14.1. The Morgan fingerprint density at radius 2 is 1.65 bits per heavy atom. The van der Waals surface area contributed by atoms with Crippen LogP contribution in [0.15, 0.2) is 5.16 Å². The van der Waals surface area contributed by atoms with Crippen LogP contribution in [0.2, 0.25) is 0 Å². The molecule has 0 spiro atoms.